The summed E-state index contributed by atoms with van der Waals surface area (Å²) in [6.45, 7) is 8.15. The van der Waals surface area contributed by atoms with Crippen LogP contribution < -0.4 is 10.1 Å². The average Bonchev–Trinajstić information content (AvgIpc) is 3.38. The van der Waals surface area contributed by atoms with Crippen LogP contribution in [0.1, 0.15) is 33.0 Å². The van der Waals surface area contributed by atoms with Gasteiger partial charge < -0.3 is 19.5 Å². The standard InChI is InChI=1S/C27H31F2N7O3/c1-17(25(37)33-22-13-32-24(14-31-22)39-21-6-5-19(28)12-20(21)29)35-10-11-36(27(2,3)16-35)26(38)18-4-7-23-30-8-9-34(23)15-18/h5-6,8-9,12-14,17-18H,4,7,10-11,15-16H2,1-3H3,(H,31,33,37)/t17-,18?/m0/s1. The van der Waals surface area contributed by atoms with Crippen LogP contribution in [0.25, 0.3) is 0 Å². The summed E-state index contributed by atoms with van der Waals surface area (Å²) in [4.78, 5) is 43.0. The maximum atomic E-state index is 13.8. The molecule has 4 heterocycles. The maximum absolute atomic E-state index is 13.8. The summed E-state index contributed by atoms with van der Waals surface area (Å²) in [6, 6.07) is 2.46. The number of amides is 2. The van der Waals surface area contributed by atoms with Crippen molar-refractivity contribution >= 4 is 17.6 Å². The summed E-state index contributed by atoms with van der Waals surface area (Å²) in [5.41, 5.74) is -0.451. The van der Waals surface area contributed by atoms with Crippen molar-refractivity contribution in [3.05, 3.63) is 60.4 Å². The van der Waals surface area contributed by atoms with E-state index in [-0.39, 0.29) is 35.2 Å². The van der Waals surface area contributed by atoms with Crippen molar-refractivity contribution in [2.75, 3.05) is 25.0 Å². The Labute approximate surface area is 225 Å². The maximum Gasteiger partial charge on any atom is 0.242 e. The van der Waals surface area contributed by atoms with E-state index in [9.17, 15) is 18.4 Å². The zero-order chi connectivity index (χ0) is 27.7. The van der Waals surface area contributed by atoms with E-state index in [2.05, 4.69) is 29.7 Å². The van der Waals surface area contributed by atoms with Gasteiger partial charge >= 0.3 is 0 Å². The van der Waals surface area contributed by atoms with Crippen LogP contribution in [0.15, 0.2) is 43.0 Å². The fourth-order valence-electron chi connectivity index (χ4n) is 5.22. The topological polar surface area (TPSA) is 105 Å². The highest BCUT2D eigenvalue weighted by Gasteiger charge is 2.41. The van der Waals surface area contributed by atoms with Crippen molar-refractivity contribution in [2.24, 2.45) is 5.92 Å². The van der Waals surface area contributed by atoms with Crippen molar-refractivity contribution in [3.8, 4) is 11.6 Å². The fraction of sp³-hybridized carbons (Fsp3) is 0.444. The molecule has 1 fully saturated rings. The summed E-state index contributed by atoms with van der Waals surface area (Å²) in [6.07, 6.45) is 7.83. The van der Waals surface area contributed by atoms with E-state index in [1.54, 1.807) is 6.20 Å². The van der Waals surface area contributed by atoms with E-state index in [4.69, 9.17) is 4.74 Å². The number of aryl methyl sites for hydroxylation is 1. The minimum absolute atomic E-state index is 0.00341. The summed E-state index contributed by atoms with van der Waals surface area (Å²) >= 11 is 0. The number of carbonyl (C=O) groups excluding carboxylic acids is 2. The average molecular weight is 540 g/mol. The van der Waals surface area contributed by atoms with Crippen LogP contribution in [0.3, 0.4) is 0 Å². The molecule has 2 atom stereocenters. The highest BCUT2D eigenvalue weighted by Crippen LogP contribution is 2.29. The summed E-state index contributed by atoms with van der Waals surface area (Å²) in [5, 5.41) is 2.75. The molecule has 2 aliphatic heterocycles. The summed E-state index contributed by atoms with van der Waals surface area (Å²) < 4.78 is 34.3. The van der Waals surface area contributed by atoms with Crippen LogP contribution in [0.5, 0.6) is 11.6 Å². The lowest BCUT2D eigenvalue weighted by atomic mass is 9.92. The number of ether oxygens (including phenoxy) is 1. The van der Waals surface area contributed by atoms with Gasteiger partial charge in [-0.05, 0) is 39.3 Å². The molecular weight excluding hydrogens is 508 g/mol. The van der Waals surface area contributed by atoms with Crippen molar-refractivity contribution in [3.63, 3.8) is 0 Å². The monoisotopic (exact) mass is 539 g/mol. The summed E-state index contributed by atoms with van der Waals surface area (Å²) in [7, 11) is 0. The lowest BCUT2D eigenvalue weighted by molar-refractivity contribution is -0.147. The molecule has 0 radical (unpaired) electrons. The highest BCUT2D eigenvalue weighted by atomic mass is 19.1. The normalized spacial score (nSPS) is 19.7. The Kier molecular flexibility index (Phi) is 7.30. The van der Waals surface area contributed by atoms with Gasteiger partial charge in [-0.3, -0.25) is 14.5 Å². The molecule has 2 aliphatic rings. The van der Waals surface area contributed by atoms with Crippen LogP contribution in [-0.2, 0) is 22.6 Å². The van der Waals surface area contributed by atoms with Gasteiger partial charge in [0, 0.05) is 51.1 Å². The third-order valence-corrected chi connectivity index (χ3v) is 7.40. The van der Waals surface area contributed by atoms with E-state index in [0.29, 0.717) is 32.2 Å². The van der Waals surface area contributed by atoms with Gasteiger partial charge in [-0.15, -0.1) is 0 Å². The molecule has 2 amide bonds. The Morgan fingerprint density at radius 3 is 2.69 bits per heavy atom. The molecule has 3 aromatic rings. The van der Waals surface area contributed by atoms with E-state index in [0.717, 1.165) is 30.8 Å². The number of anilines is 1. The molecule has 0 bridgehead atoms. The van der Waals surface area contributed by atoms with Crippen LogP contribution in [-0.4, -0.2) is 72.3 Å². The molecule has 0 spiro atoms. The molecule has 206 valence electrons. The van der Waals surface area contributed by atoms with Crippen LogP contribution >= 0.6 is 0 Å². The predicted octanol–water partition coefficient (Wildman–Crippen LogP) is 3.26. The van der Waals surface area contributed by atoms with Gasteiger partial charge in [0.05, 0.1) is 29.9 Å². The van der Waals surface area contributed by atoms with Crippen LogP contribution in [0.2, 0.25) is 0 Å². The number of rotatable bonds is 6. The number of nitrogens with zero attached hydrogens (tertiary/aromatic N) is 6. The SMILES string of the molecule is C[C@@H](C(=O)Nc1cnc(Oc2ccc(F)cc2F)cn1)N1CCN(C(=O)C2CCc3nccn3C2)C(C)(C)C1. The Morgan fingerprint density at radius 1 is 1.15 bits per heavy atom. The smallest absolute Gasteiger partial charge is 0.242 e. The van der Waals surface area contributed by atoms with E-state index in [1.165, 1.54) is 12.4 Å². The van der Waals surface area contributed by atoms with Gasteiger partial charge in [0.2, 0.25) is 17.7 Å². The van der Waals surface area contributed by atoms with E-state index in [1.807, 2.05) is 31.9 Å². The third-order valence-electron chi connectivity index (χ3n) is 7.40. The zero-order valence-electron chi connectivity index (χ0n) is 22.1. The molecule has 1 aromatic carbocycles. The highest BCUT2D eigenvalue weighted by molar-refractivity contribution is 5.93. The first-order valence-electron chi connectivity index (χ1n) is 12.9. The molecule has 1 N–H and O–H groups in total. The molecule has 2 aromatic heterocycles. The second-order valence-electron chi connectivity index (χ2n) is 10.6. The van der Waals surface area contributed by atoms with Crippen molar-refractivity contribution < 1.29 is 23.1 Å². The minimum atomic E-state index is -0.862. The molecule has 0 aliphatic carbocycles. The van der Waals surface area contributed by atoms with E-state index < -0.39 is 23.2 Å². The first-order valence-corrected chi connectivity index (χ1v) is 12.9. The van der Waals surface area contributed by atoms with Crippen molar-refractivity contribution in [2.45, 2.75) is 51.7 Å². The largest absolute Gasteiger partial charge is 0.434 e. The summed E-state index contributed by atoms with van der Waals surface area (Å²) in [5.74, 6) is -0.732. The lowest BCUT2D eigenvalue weighted by Crippen LogP contribution is -2.64. The number of hydrogen-bond acceptors (Lipinski definition) is 7. The Balaban J connectivity index is 1.16. The number of nitrogens with one attached hydrogen (secondary N) is 1. The number of halogens is 2. The second-order valence-corrected chi connectivity index (χ2v) is 10.6. The minimum Gasteiger partial charge on any atom is -0.434 e. The number of carbonyl (C=O) groups is 2. The van der Waals surface area contributed by atoms with E-state index >= 15 is 0 Å². The van der Waals surface area contributed by atoms with Gasteiger partial charge in [0.15, 0.2) is 17.4 Å². The lowest BCUT2D eigenvalue weighted by Gasteiger charge is -2.49. The Hall–Kier alpha value is -3.93. The molecule has 10 nitrogen and oxygen atoms in total. The Morgan fingerprint density at radius 2 is 1.97 bits per heavy atom. The number of benzene rings is 1. The number of piperazine rings is 1. The molecule has 12 heteroatoms. The molecule has 0 saturated carbocycles. The molecule has 1 saturated heterocycles. The zero-order valence-corrected chi connectivity index (χ0v) is 22.1. The number of aromatic nitrogens is 4. The van der Waals surface area contributed by atoms with Gasteiger partial charge in [-0.2, -0.15) is 0 Å². The quantitative estimate of drug-likeness (QED) is 0.513. The van der Waals surface area contributed by atoms with Crippen LogP contribution in [0, 0.1) is 17.6 Å². The molecule has 1 unspecified atom stereocenters. The van der Waals surface area contributed by atoms with Gasteiger partial charge in [0.1, 0.15) is 11.6 Å². The third kappa shape index (κ3) is 5.75. The first kappa shape index (κ1) is 26.7. The molecule has 5 rings (SSSR count). The predicted molar refractivity (Wildman–Crippen MR) is 138 cm³/mol. The second kappa shape index (κ2) is 10.7. The molecule has 39 heavy (non-hydrogen) atoms. The number of hydrogen-bond donors (Lipinski definition) is 1. The van der Waals surface area contributed by atoms with Crippen molar-refractivity contribution in [1.82, 2.24) is 29.3 Å². The fourth-order valence-corrected chi connectivity index (χ4v) is 5.22. The number of fused-ring (bicyclic) bond motifs is 1. The Bertz CT molecular complexity index is 1360. The van der Waals surface area contributed by atoms with Crippen molar-refractivity contribution in [1.29, 1.82) is 0 Å². The number of imidazole rings is 1. The molecular formula is C27H31F2N7O3. The van der Waals surface area contributed by atoms with Gasteiger partial charge in [-0.1, -0.05) is 0 Å². The van der Waals surface area contributed by atoms with Crippen LogP contribution in [0.4, 0.5) is 14.6 Å². The van der Waals surface area contributed by atoms with Gasteiger partial charge in [-0.25, -0.2) is 23.7 Å². The van der Waals surface area contributed by atoms with Gasteiger partial charge in [0.25, 0.3) is 0 Å². The first-order chi connectivity index (χ1) is 18.6.